The molecule has 1 fully saturated rings. The summed E-state index contributed by atoms with van der Waals surface area (Å²) >= 11 is 3.04. The summed E-state index contributed by atoms with van der Waals surface area (Å²) in [5.41, 5.74) is 2.18. The first-order chi connectivity index (χ1) is 17.7. The van der Waals surface area contributed by atoms with E-state index in [0.717, 1.165) is 26.9 Å². The minimum Gasteiger partial charge on any atom is -0.389 e. The highest BCUT2D eigenvalue weighted by molar-refractivity contribution is 8.00. The van der Waals surface area contributed by atoms with Crippen molar-refractivity contribution >= 4 is 45.1 Å². The van der Waals surface area contributed by atoms with Crippen LogP contribution in [0, 0.1) is 0 Å². The second-order valence-electron chi connectivity index (χ2n) is 9.08. The molecule has 0 aliphatic carbocycles. The van der Waals surface area contributed by atoms with Gasteiger partial charge in [-0.25, -0.2) is 4.98 Å². The number of benzene rings is 3. The number of alkyl halides is 3. The zero-order chi connectivity index (χ0) is 26.0. The number of piperidine rings is 1. The Hall–Kier alpha value is -3.08. The molecule has 1 saturated heterocycles. The highest BCUT2D eigenvalue weighted by Gasteiger charge is 2.38. The number of nitrogens with zero attached hydrogens (tertiary/aromatic N) is 2. The highest BCUT2D eigenvalue weighted by Crippen LogP contribution is 2.36. The van der Waals surface area contributed by atoms with Crippen molar-refractivity contribution < 1.29 is 23.1 Å². The van der Waals surface area contributed by atoms with Gasteiger partial charge in [-0.2, -0.15) is 13.2 Å². The van der Waals surface area contributed by atoms with E-state index < -0.39 is 17.3 Å². The Morgan fingerprint density at radius 1 is 1.05 bits per heavy atom. The molecule has 1 aliphatic rings. The Balaban J connectivity index is 1.18. The summed E-state index contributed by atoms with van der Waals surface area (Å²) in [5.74, 6) is -0.163. The lowest BCUT2D eigenvalue weighted by Gasteiger charge is -2.38. The third kappa shape index (κ3) is 5.76. The largest absolute Gasteiger partial charge is 0.416 e. The number of carbonyl (C=O) groups excluding carboxylic acids is 1. The van der Waals surface area contributed by atoms with Gasteiger partial charge < -0.3 is 14.7 Å². The van der Waals surface area contributed by atoms with Crippen LogP contribution >= 0.6 is 23.3 Å². The Bertz CT molecular complexity index is 1400. The first kappa shape index (κ1) is 25.6. The lowest BCUT2D eigenvalue weighted by molar-refractivity contribution is -0.138. The van der Waals surface area contributed by atoms with E-state index in [1.807, 2.05) is 35.8 Å². The summed E-state index contributed by atoms with van der Waals surface area (Å²) < 4.78 is 44.5. The van der Waals surface area contributed by atoms with E-state index in [0.29, 0.717) is 5.56 Å². The van der Waals surface area contributed by atoms with Crippen molar-refractivity contribution in [2.24, 2.45) is 0 Å². The zero-order valence-corrected chi connectivity index (χ0v) is 21.3. The van der Waals surface area contributed by atoms with E-state index in [2.05, 4.69) is 9.71 Å². The summed E-state index contributed by atoms with van der Waals surface area (Å²) in [4.78, 5) is 20.1. The molecule has 0 saturated carbocycles. The van der Waals surface area contributed by atoms with Gasteiger partial charge in [0, 0.05) is 30.8 Å². The topological polar surface area (TPSA) is 65.5 Å². The molecule has 0 bridgehead atoms. The molecule has 0 spiro atoms. The molecule has 3 aromatic carbocycles. The Kier molecular flexibility index (Phi) is 7.15. The molecule has 0 atom stereocenters. The maximum absolute atomic E-state index is 13.4. The predicted molar refractivity (Wildman–Crippen MR) is 141 cm³/mol. The number of amides is 1. The molecule has 1 amide bonds. The molecule has 2 heterocycles. The number of nitrogens with one attached hydrogen (secondary N) is 1. The number of halogens is 3. The SMILES string of the molecule is O=C(c1ccc(NSc2cccc3scnc23)cc1)N1CCC(O)(Cc2ccccc2C(F)(F)F)CC1. The second kappa shape index (κ2) is 10.4. The van der Waals surface area contributed by atoms with Crippen LogP contribution in [0.2, 0.25) is 0 Å². The van der Waals surface area contributed by atoms with Gasteiger partial charge in [-0.05, 0) is 72.8 Å². The van der Waals surface area contributed by atoms with Gasteiger partial charge >= 0.3 is 6.18 Å². The molecule has 10 heteroatoms. The minimum absolute atomic E-state index is 0.0734. The van der Waals surface area contributed by atoms with Gasteiger partial charge in [-0.3, -0.25) is 4.79 Å². The fraction of sp³-hybridized carbons (Fsp3) is 0.259. The first-order valence-electron chi connectivity index (χ1n) is 11.7. The van der Waals surface area contributed by atoms with Gasteiger partial charge in [0.25, 0.3) is 5.91 Å². The number of anilines is 1. The van der Waals surface area contributed by atoms with Crippen LogP contribution in [0.5, 0.6) is 0 Å². The monoisotopic (exact) mass is 543 g/mol. The highest BCUT2D eigenvalue weighted by atomic mass is 32.2. The van der Waals surface area contributed by atoms with Gasteiger partial charge in [-0.1, -0.05) is 24.3 Å². The number of para-hydroxylation sites is 1. The summed E-state index contributed by atoms with van der Waals surface area (Å²) in [6.45, 7) is 0.550. The third-order valence-corrected chi connectivity index (χ3v) is 8.24. The molecule has 1 aromatic heterocycles. The normalized spacial score (nSPS) is 15.6. The number of thiazole rings is 1. The van der Waals surface area contributed by atoms with E-state index in [4.69, 9.17) is 0 Å². The maximum atomic E-state index is 13.4. The maximum Gasteiger partial charge on any atom is 0.416 e. The van der Waals surface area contributed by atoms with Crippen molar-refractivity contribution in [3.8, 4) is 0 Å². The van der Waals surface area contributed by atoms with Gasteiger partial charge in [0.2, 0.25) is 0 Å². The first-order valence-corrected chi connectivity index (χ1v) is 13.4. The van der Waals surface area contributed by atoms with Gasteiger partial charge in [0.15, 0.2) is 0 Å². The molecule has 0 unspecified atom stereocenters. The number of hydrogen-bond donors (Lipinski definition) is 2. The lowest BCUT2D eigenvalue weighted by Crippen LogP contribution is -2.48. The number of rotatable bonds is 6. The fourth-order valence-corrected chi connectivity index (χ4v) is 6.07. The van der Waals surface area contributed by atoms with E-state index in [1.165, 1.54) is 24.1 Å². The average molecular weight is 544 g/mol. The van der Waals surface area contributed by atoms with Crippen LogP contribution in [0.15, 0.2) is 77.1 Å². The Labute approximate surface area is 220 Å². The van der Waals surface area contributed by atoms with Crippen LogP contribution in [0.1, 0.15) is 34.3 Å². The molecule has 4 aromatic rings. The quantitative estimate of drug-likeness (QED) is 0.267. The van der Waals surface area contributed by atoms with E-state index >= 15 is 0 Å². The number of aromatic nitrogens is 1. The lowest BCUT2D eigenvalue weighted by atomic mass is 9.83. The summed E-state index contributed by atoms with van der Waals surface area (Å²) in [6.07, 6.45) is -4.15. The van der Waals surface area contributed by atoms with Crippen LogP contribution in [0.4, 0.5) is 18.9 Å². The van der Waals surface area contributed by atoms with Crippen molar-refractivity contribution in [2.75, 3.05) is 17.8 Å². The molecule has 192 valence electrons. The van der Waals surface area contributed by atoms with Crippen LogP contribution < -0.4 is 4.72 Å². The molecule has 5 rings (SSSR count). The molecular weight excluding hydrogens is 519 g/mol. The second-order valence-corrected chi connectivity index (χ2v) is 10.8. The molecular formula is C27H24F3N3O2S2. The van der Waals surface area contributed by atoms with Crippen LogP contribution in [-0.4, -0.2) is 39.6 Å². The van der Waals surface area contributed by atoms with E-state index in [1.54, 1.807) is 34.4 Å². The molecule has 2 N–H and O–H groups in total. The van der Waals surface area contributed by atoms with Crippen LogP contribution in [0.25, 0.3) is 10.2 Å². The van der Waals surface area contributed by atoms with Crippen molar-refractivity contribution in [3.05, 3.63) is 88.9 Å². The van der Waals surface area contributed by atoms with Crippen LogP contribution in [0.3, 0.4) is 0 Å². The van der Waals surface area contributed by atoms with Gasteiger partial charge in [0.1, 0.15) is 0 Å². The van der Waals surface area contributed by atoms with Crippen molar-refractivity contribution in [2.45, 2.75) is 35.9 Å². The Morgan fingerprint density at radius 3 is 2.51 bits per heavy atom. The van der Waals surface area contributed by atoms with E-state index in [-0.39, 0.29) is 43.8 Å². The van der Waals surface area contributed by atoms with Crippen LogP contribution in [-0.2, 0) is 12.6 Å². The van der Waals surface area contributed by atoms with Crippen molar-refractivity contribution in [1.29, 1.82) is 0 Å². The van der Waals surface area contributed by atoms with Crippen molar-refractivity contribution in [1.82, 2.24) is 9.88 Å². The molecule has 5 nitrogen and oxygen atoms in total. The number of fused-ring (bicyclic) bond motifs is 1. The fourth-order valence-electron chi connectivity index (χ4n) is 4.53. The van der Waals surface area contributed by atoms with E-state index in [9.17, 15) is 23.1 Å². The zero-order valence-electron chi connectivity index (χ0n) is 19.7. The van der Waals surface area contributed by atoms with Gasteiger partial charge in [-0.15, -0.1) is 11.3 Å². The summed E-state index contributed by atoms with van der Waals surface area (Å²) in [7, 11) is 0. The average Bonchev–Trinajstić information content (AvgIpc) is 3.37. The minimum atomic E-state index is -4.47. The predicted octanol–water partition coefficient (Wildman–Crippen LogP) is 6.64. The number of likely N-dealkylation sites (tertiary alicyclic amines) is 1. The standard InChI is InChI=1S/C27H24F3N3O2S2/c28-27(29,30)21-5-2-1-4-19(21)16-26(35)12-14-33(15-13-26)25(34)18-8-10-20(11-9-18)32-37-23-7-3-6-22-24(23)31-17-36-22/h1-11,17,32,35H,12-16H2. The summed E-state index contributed by atoms with van der Waals surface area (Å²) in [5, 5.41) is 11.0. The third-order valence-electron chi connectivity index (χ3n) is 6.56. The van der Waals surface area contributed by atoms with Crippen molar-refractivity contribution in [3.63, 3.8) is 0 Å². The van der Waals surface area contributed by atoms with Gasteiger partial charge in [0.05, 0.1) is 31.8 Å². The molecule has 37 heavy (non-hydrogen) atoms. The smallest absolute Gasteiger partial charge is 0.389 e. The number of aliphatic hydroxyl groups is 1. The number of hydrogen-bond acceptors (Lipinski definition) is 6. The molecule has 1 aliphatic heterocycles. The summed E-state index contributed by atoms with van der Waals surface area (Å²) in [6, 6.07) is 18.5. The number of carbonyl (C=O) groups is 1. The Morgan fingerprint density at radius 2 is 1.78 bits per heavy atom. The molecule has 0 radical (unpaired) electrons.